The third-order valence-corrected chi connectivity index (χ3v) is 5.62. The van der Waals surface area contributed by atoms with Gasteiger partial charge < -0.3 is 9.73 Å². The van der Waals surface area contributed by atoms with Gasteiger partial charge in [0.2, 0.25) is 5.91 Å². The number of furan rings is 1. The molecular weight excluding hydrogens is 384 g/mol. The maximum Gasteiger partial charge on any atom is 0.233 e. The van der Waals surface area contributed by atoms with Gasteiger partial charge in [0.15, 0.2) is 11.0 Å². The minimum Gasteiger partial charge on any atom is -0.467 e. The summed E-state index contributed by atoms with van der Waals surface area (Å²) in [6.07, 6.45) is 3.78. The van der Waals surface area contributed by atoms with Gasteiger partial charge >= 0.3 is 0 Å². The van der Waals surface area contributed by atoms with Gasteiger partial charge in [0.25, 0.3) is 0 Å². The lowest BCUT2D eigenvalue weighted by Gasteiger charge is -2.13. The van der Waals surface area contributed by atoms with Crippen LogP contribution in [0.4, 0.5) is 0 Å². The van der Waals surface area contributed by atoms with Gasteiger partial charge in [-0.3, -0.25) is 9.36 Å². The molecule has 2 heterocycles. The molecule has 140 valence electrons. The van der Waals surface area contributed by atoms with E-state index in [0.29, 0.717) is 28.6 Å². The summed E-state index contributed by atoms with van der Waals surface area (Å²) < 4.78 is 7.47. The van der Waals surface area contributed by atoms with Gasteiger partial charge in [-0.05, 0) is 56.2 Å². The van der Waals surface area contributed by atoms with Crippen molar-refractivity contribution in [2.24, 2.45) is 0 Å². The Balaban J connectivity index is 1.61. The fourth-order valence-electron chi connectivity index (χ4n) is 2.65. The zero-order valence-corrected chi connectivity index (χ0v) is 16.3. The molecule has 1 aliphatic rings. The average molecular weight is 403 g/mol. The van der Waals surface area contributed by atoms with Crippen LogP contribution in [0.3, 0.4) is 0 Å². The van der Waals surface area contributed by atoms with Crippen LogP contribution < -0.4 is 5.32 Å². The molecule has 0 saturated heterocycles. The topological polar surface area (TPSA) is 73.0 Å². The van der Waals surface area contributed by atoms with Gasteiger partial charge in [0.1, 0.15) is 5.76 Å². The average Bonchev–Trinajstić information content (AvgIpc) is 3.16. The Kier molecular flexibility index (Phi) is 5.22. The molecule has 1 atom stereocenters. The molecule has 6 nitrogen and oxygen atoms in total. The normalized spacial score (nSPS) is 14.9. The lowest BCUT2D eigenvalue weighted by atomic mass is 10.2. The molecule has 0 aliphatic heterocycles. The Bertz CT molecular complexity index is 920. The van der Waals surface area contributed by atoms with E-state index in [1.54, 1.807) is 6.26 Å². The highest BCUT2D eigenvalue weighted by Gasteiger charge is 2.27. The summed E-state index contributed by atoms with van der Waals surface area (Å²) in [5.74, 6) is 1.53. The maximum absolute atomic E-state index is 12.3. The molecule has 27 heavy (non-hydrogen) atoms. The fraction of sp³-hybridized carbons (Fsp3) is 0.316. The highest BCUT2D eigenvalue weighted by atomic mass is 35.5. The van der Waals surface area contributed by atoms with E-state index in [9.17, 15) is 4.79 Å². The SMILES string of the molecule is C[C@@H](Sc1nnc(-c2ccc(Cl)cc2)n1Cc1ccco1)C(=O)NC1CC1. The van der Waals surface area contributed by atoms with Crippen LogP contribution in [-0.4, -0.2) is 32.0 Å². The molecule has 0 bridgehead atoms. The van der Waals surface area contributed by atoms with Crippen molar-refractivity contribution in [1.29, 1.82) is 0 Å². The number of carbonyl (C=O) groups excluding carboxylic acids is 1. The monoisotopic (exact) mass is 402 g/mol. The Morgan fingerprint density at radius 2 is 2.11 bits per heavy atom. The molecule has 0 radical (unpaired) electrons. The second-order valence-electron chi connectivity index (χ2n) is 6.52. The van der Waals surface area contributed by atoms with Gasteiger partial charge in [0, 0.05) is 16.6 Å². The summed E-state index contributed by atoms with van der Waals surface area (Å²) >= 11 is 7.40. The molecule has 4 rings (SSSR count). The van der Waals surface area contributed by atoms with Crippen molar-refractivity contribution in [3.8, 4) is 11.4 Å². The van der Waals surface area contributed by atoms with Crippen LogP contribution in [-0.2, 0) is 11.3 Å². The maximum atomic E-state index is 12.3. The zero-order chi connectivity index (χ0) is 18.8. The predicted octanol–water partition coefficient (Wildman–Crippen LogP) is 4.00. The molecule has 8 heteroatoms. The smallest absolute Gasteiger partial charge is 0.233 e. The number of thioether (sulfide) groups is 1. The number of halogens is 1. The standard InChI is InChI=1S/C19H19ClN4O2S/c1-12(18(25)21-15-8-9-15)27-19-23-22-17(13-4-6-14(20)7-5-13)24(19)11-16-3-2-10-26-16/h2-7,10,12,15H,8-9,11H2,1H3,(H,21,25)/t12-/m1/s1. The minimum absolute atomic E-state index is 0.0306. The molecule has 3 aromatic rings. The first kappa shape index (κ1) is 18.1. The van der Waals surface area contributed by atoms with E-state index in [2.05, 4.69) is 15.5 Å². The van der Waals surface area contributed by atoms with E-state index < -0.39 is 0 Å². The van der Waals surface area contributed by atoms with E-state index in [1.165, 1.54) is 11.8 Å². The first-order valence-corrected chi connectivity index (χ1v) is 10.0. The van der Waals surface area contributed by atoms with Gasteiger partial charge in [-0.15, -0.1) is 10.2 Å². The largest absolute Gasteiger partial charge is 0.467 e. The quantitative estimate of drug-likeness (QED) is 0.605. The number of rotatable bonds is 7. The van der Waals surface area contributed by atoms with Crippen LogP contribution >= 0.6 is 23.4 Å². The van der Waals surface area contributed by atoms with Crippen LogP contribution in [0, 0.1) is 0 Å². The number of amides is 1. The molecule has 1 aliphatic carbocycles. The molecule has 0 unspecified atom stereocenters. The Hall–Kier alpha value is -2.25. The summed E-state index contributed by atoms with van der Waals surface area (Å²) in [7, 11) is 0. The summed E-state index contributed by atoms with van der Waals surface area (Å²) in [5.41, 5.74) is 0.903. The number of hydrogen-bond acceptors (Lipinski definition) is 5. The lowest BCUT2D eigenvalue weighted by Crippen LogP contribution is -2.32. The van der Waals surface area contributed by atoms with Crippen molar-refractivity contribution in [1.82, 2.24) is 20.1 Å². The number of nitrogens with zero attached hydrogens (tertiary/aromatic N) is 3. The molecule has 1 saturated carbocycles. The number of carbonyl (C=O) groups is 1. The molecule has 2 aromatic heterocycles. The van der Waals surface area contributed by atoms with Crippen LogP contribution in [0.15, 0.2) is 52.2 Å². The number of nitrogens with one attached hydrogen (secondary N) is 1. The highest BCUT2D eigenvalue weighted by molar-refractivity contribution is 8.00. The second kappa shape index (κ2) is 7.78. The Labute approximate surface area is 166 Å². The lowest BCUT2D eigenvalue weighted by molar-refractivity contribution is -0.120. The molecular formula is C19H19ClN4O2S. The van der Waals surface area contributed by atoms with Gasteiger partial charge in [-0.25, -0.2) is 0 Å². The van der Waals surface area contributed by atoms with Crippen molar-refractivity contribution >= 4 is 29.3 Å². The van der Waals surface area contributed by atoms with Crippen LogP contribution in [0.2, 0.25) is 5.02 Å². The van der Waals surface area contributed by atoms with E-state index >= 15 is 0 Å². The summed E-state index contributed by atoms with van der Waals surface area (Å²) in [6.45, 7) is 2.37. The first-order chi connectivity index (χ1) is 13.1. The first-order valence-electron chi connectivity index (χ1n) is 8.78. The van der Waals surface area contributed by atoms with Crippen LogP contribution in [0.5, 0.6) is 0 Å². The van der Waals surface area contributed by atoms with Gasteiger partial charge in [0.05, 0.1) is 18.1 Å². The second-order valence-corrected chi connectivity index (χ2v) is 8.27. The van der Waals surface area contributed by atoms with E-state index in [-0.39, 0.29) is 11.2 Å². The van der Waals surface area contributed by atoms with Crippen molar-refractivity contribution in [3.63, 3.8) is 0 Å². The number of aromatic nitrogens is 3. The van der Waals surface area contributed by atoms with Crippen LogP contribution in [0.25, 0.3) is 11.4 Å². The van der Waals surface area contributed by atoms with Crippen molar-refractivity contribution < 1.29 is 9.21 Å². The van der Waals surface area contributed by atoms with E-state index in [0.717, 1.165) is 24.2 Å². The molecule has 1 amide bonds. The Morgan fingerprint density at radius 3 is 2.78 bits per heavy atom. The number of benzene rings is 1. The number of hydrogen-bond donors (Lipinski definition) is 1. The van der Waals surface area contributed by atoms with Crippen molar-refractivity contribution in [2.45, 2.75) is 42.8 Å². The summed E-state index contributed by atoms with van der Waals surface area (Å²) in [5, 5.41) is 12.8. The third kappa shape index (κ3) is 4.36. The molecule has 1 aromatic carbocycles. The predicted molar refractivity (Wildman–Crippen MR) is 105 cm³/mol. The third-order valence-electron chi connectivity index (χ3n) is 4.29. The summed E-state index contributed by atoms with van der Waals surface area (Å²) in [6, 6.07) is 11.5. The Morgan fingerprint density at radius 1 is 1.33 bits per heavy atom. The highest BCUT2D eigenvalue weighted by Crippen LogP contribution is 2.29. The zero-order valence-electron chi connectivity index (χ0n) is 14.8. The van der Waals surface area contributed by atoms with Crippen molar-refractivity contribution in [2.75, 3.05) is 0 Å². The van der Waals surface area contributed by atoms with E-state index in [1.807, 2.05) is 47.9 Å². The molecule has 1 fully saturated rings. The van der Waals surface area contributed by atoms with Crippen molar-refractivity contribution in [3.05, 3.63) is 53.4 Å². The van der Waals surface area contributed by atoms with Crippen LogP contribution in [0.1, 0.15) is 25.5 Å². The summed E-state index contributed by atoms with van der Waals surface area (Å²) in [4.78, 5) is 12.3. The minimum atomic E-state index is -0.261. The molecule has 1 N–H and O–H groups in total. The van der Waals surface area contributed by atoms with Gasteiger partial charge in [-0.1, -0.05) is 23.4 Å². The molecule has 0 spiro atoms. The van der Waals surface area contributed by atoms with E-state index in [4.69, 9.17) is 16.0 Å². The van der Waals surface area contributed by atoms with Gasteiger partial charge in [-0.2, -0.15) is 0 Å². The fourth-order valence-corrected chi connectivity index (χ4v) is 3.63.